The Morgan fingerprint density at radius 3 is 1.48 bits per heavy atom. The molecule has 8 nitrogen and oxygen atoms in total. The number of hydrogen-bond acceptors (Lipinski definition) is 8. The fraction of sp³-hybridized carbons (Fsp3) is 1.00. The maximum atomic E-state index is 6.02. The van der Waals surface area contributed by atoms with Gasteiger partial charge in [0.2, 0.25) is 0 Å². The Kier molecular flexibility index (Phi) is 11.4. The van der Waals surface area contributed by atoms with E-state index >= 15 is 0 Å². The van der Waals surface area contributed by atoms with Crippen molar-refractivity contribution in [2.24, 2.45) is 16.7 Å². The Bertz CT molecular complexity index is 544. The van der Waals surface area contributed by atoms with E-state index in [-0.39, 0.29) is 10.8 Å². The second-order valence-corrected chi connectivity index (χ2v) is 16.7. The van der Waals surface area contributed by atoms with Crippen molar-refractivity contribution < 1.29 is 62.8 Å². The zero-order chi connectivity index (χ0) is 23.8. The van der Waals surface area contributed by atoms with E-state index in [0.29, 0.717) is 12.5 Å². The summed E-state index contributed by atoms with van der Waals surface area (Å²) in [6, 6.07) is 0. The van der Waals surface area contributed by atoms with Crippen molar-refractivity contribution in [2.75, 3.05) is 52.9 Å². The van der Waals surface area contributed by atoms with Crippen LogP contribution in [0.5, 0.6) is 0 Å². The van der Waals surface area contributed by atoms with Gasteiger partial charge in [-0.2, -0.15) is 0 Å². The van der Waals surface area contributed by atoms with Gasteiger partial charge in [0.15, 0.2) is 0 Å². The van der Waals surface area contributed by atoms with E-state index in [9.17, 15) is 0 Å². The van der Waals surface area contributed by atoms with E-state index in [0.717, 1.165) is 71.9 Å². The Morgan fingerprint density at radius 1 is 0.667 bits per heavy atom. The fourth-order valence-electron chi connectivity index (χ4n) is 4.16. The van der Waals surface area contributed by atoms with E-state index in [4.69, 9.17) is 26.5 Å². The monoisotopic (exact) mass is 546 g/mol. The molecule has 194 valence electrons. The van der Waals surface area contributed by atoms with Crippen molar-refractivity contribution in [3.05, 3.63) is 0 Å². The first-order chi connectivity index (χ1) is 15.9. The SMILES string of the molecule is CCCCC(CC)C[O][Ti]12[O]CC(CC)(C[O]1)C[O]2.CCC[O][Ti]12[O]CC(CC)(C[O]1)C[O]2. The van der Waals surface area contributed by atoms with Gasteiger partial charge >= 0.3 is 212 Å². The van der Waals surface area contributed by atoms with Crippen LogP contribution in [-0.4, -0.2) is 52.9 Å². The molecule has 6 aliphatic rings. The number of fused-ring (bicyclic) bond motifs is 6. The topological polar surface area (TPSA) is 73.8 Å². The van der Waals surface area contributed by atoms with Crippen LogP contribution in [0.25, 0.3) is 0 Å². The van der Waals surface area contributed by atoms with Gasteiger partial charge in [-0.3, -0.25) is 0 Å². The van der Waals surface area contributed by atoms with E-state index in [1.54, 1.807) is 0 Å². The average molecular weight is 546 g/mol. The summed E-state index contributed by atoms with van der Waals surface area (Å²) >= 11 is -6.51. The molecule has 0 amide bonds. The molecule has 0 aromatic carbocycles. The Labute approximate surface area is 211 Å². The predicted molar refractivity (Wildman–Crippen MR) is 117 cm³/mol. The predicted octanol–water partition coefficient (Wildman–Crippen LogP) is 5.21. The van der Waals surface area contributed by atoms with Crippen molar-refractivity contribution >= 4 is 0 Å². The first kappa shape index (κ1) is 28.7. The quantitative estimate of drug-likeness (QED) is 0.309. The third-order valence-electron chi connectivity index (χ3n) is 7.35. The Balaban J connectivity index is 0.000000194. The molecule has 4 bridgehead atoms. The van der Waals surface area contributed by atoms with Gasteiger partial charge in [-0.1, -0.05) is 0 Å². The van der Waals surface area contributed by atoms with Crippen LogP contribution in [0.2, 0.25) is 0 Å². The molecule has 10 heteroatoms. The number of rotatable bonds is 12. The molecule has 0 saturated carbocycles. The van der Waals surface area contributed by atoms with Gasteiger partial charge in [-0.25, -0.2) is 0 Å². The molecule has 0 aromatic rings. The van der Waals surface area contributed by atoms with Gasteiger partial charge in [-0.05, 0) is 0 Å². The van der Waals surface area contributed by atoms with Crippen molar-refractivity contribution in [3.8, 4) is 0 Å². The summed E-state index contributed by atoms with van der Waals surface area (Å²) in [5.41, 5.74) is 0.186. The van der Waals surface area contributed by atoms with Crippen LogP contribution in [0.1, 0.15) is 79.6 Å². The van der Waals surface area contributed by atoms with Crippen LogP contribution in [0.3, 0.4) is 0 Å². The van der Waals surface area contributed by atoms with Crippen LogP contribution in [0.15, 0.2) is 0 Å². The first-order valence-corrected chi connectivity index (χ1v) is 18.1. The third-order valence-corrected chi connectivity index (χ3v) is 13.7. The molecule has 0 spiro atoms. The van der Waals surface area contributed by atoms with Gasteiger partial charge in [-0.15, -0.1) is 0 Å². The molecule has 6 fully saturated rings. The minimum atomic E-state index is -3.32. The van der Waals surface area contributed by atoms with Crippen LogP contribution in [0.4, 0.5) is 0 Å². The molecular weight excluding hydrogens is 500 g/mol. The second kappa shape index (κ2) is 13.1. The van der Waals surface area contributed by atoms with Crippen molar-refractivity contribution in [1.29, 1.82) is 0 Å². The first-order valence-electron chi connectivity index (χ1n) is 13.0. The molecule has 0 radical (unpaired) electrons. The van der Waals surface area contributed by atoms with Gasteiger partial charge in [0.25, 0.3) is 0 Å². The molecule has 6 rings (SSSR count). The molecule has 33 heavy (non-hydrogen) atoms. The average Bonchev–Trinajstić information content (AvgIpc) is 2.90. The van der Waals surface area contributed by atoms with Crippen LogP contribution < -0.4 is 0 Å². The standard InChI is InChI=1S/C8H17O.2C6H11O3.C3H7O.2Ti/c1-3-5-6-8(4-2)7-9;2*1-2-6(3-7,4-8)5-9;1-2-3-4;;/h8H,3-7H2,1-2H3;2*2-5H2,1H3;2-3H2,1H3;;/q-1;2*-3;-1;2*+4. The minimum absolute atomic E-state index is 0.0860. The molecule has 1 unspecified atom stereocenters. The molecule has 6 saturated heterocycles. The molecular formula is C23H46O8Ti2. The molecule has 6 heterocycles. The summed E-state index contributed by atoms with van der Waals surface area (Å²) in [4.78, 5) is 0. The van der Waals surface area contributed by atoms with Gasteiger partial charge in [0, 0.05) is 0 Å². The molecule has 0 aliphatic carbocycles. The Hall–Kier alpha value is 1.11. The number of hydrogen-bond donors (Lipinski definition) is 0. The summed E-state index contributed by atoms with van der Waals surface area (Å²) in [6.45, 7) is 16.8. The van der Waals surface area contributed by atoms with E-state index in [2.05, 4.69) is 34.6 Å². The summed E-state index contributed by atoms with van der Waals surface area (Å²) in [5, 5.41) is 0. The normalized spacial score (nSPS) is 38.1. The molecule has 1 atom stereocenters. The van der Waals surface area contributed by atoms with Crippen LogP contribution >= 0.6 is 0 Å². The van der Waals surface area contributed by atoms with Crippen molar-refractivity contribution in [1.82, 2.24) is 0 Å². The Morgan fingerprint density at radius 2 is 1.12 bits per heavy atom. The third kappa shape index (κ3) is 7.33. The van der Waals surface area contributed by atoms with E-state index in [1.807, 2.05) is 0 Å². The zero-order valence-electron chi connectivity index (χ0n) is 21.4. The van der Waals surface area contributed by atoms with Gasteiger partial charge in [0.1, 0.15) is 0 Å². The second-order valence-electron chi connectivity index (χ2n) is 10.0. The van der Waals surface area contributed by atoms with Gasteiger partial charge < -0.3 is 0 Å². The summed E-state index contributed by atoms with van der Waals surface area (Å²) in [6.07, 6.45) is 7.94. The van der Waals surface area contributed by atoms with Crippen LogP contribution in [0, 0.1) is 16.7 Å². The van der Waals surface area contributed by atoms with Crippen molar-refractivity contribution in [2.45, 2.75) is 79.6 Å². The molecule has 0 N–H and O–H groups in total. The maximum absolute atomic E-state index is 6.02. The molecule has 6 aliphatic heterocycles. The summed E-state index contributed by atoms with van der Waals surface area (Å²) < 4.78 is 46.3. The number of unbranched alkanes of at least 4 members (excludes halogenated alkanes) is 1. The van der Waals surface area contributed by atoms with E-state index in [1.165, 1.54) is 19.3 Å². The van der Waals surface area contributed by atoms with Crippen LogP contribution in [-0.2, 0) is 62.8 Å². The summed E-state index contributed by atoms with van der Waals surface area (Å²) in [5.74, 6) is 0.607. The summed E-state index contributed by atoms with van der Waals surface area (Å²) in [7, 11) is 0. The fourth-order valence-corrected chi connectivity index (χ4v) is 11.6. The van der Waals surface area contributed by atoms with Gasteiger partial charge in [0.05, 0.1) is 0 Å². The van der Waals surface area contributed by atoms with Crippen molar-refractivity contribution in [3.63, 3.8) is 0 Å². The van der Waals surface area contributed by atoms with E-state index < -0.39 is 36.3 Å². The molecule has 0 aromatic heterocycles. The zero-order valence-corrected chi connectivity index (χ0v) is 24.6.